The van der Waals surface area contributed by atoms with Gasteiger partial charge < -0.3 is 10.1 Å². The maximum Gasteiger partial charge on any atom is 0.300 e. The van der Waals surface area contributed by atoms with Gasteiger partial charge in [-0.2, -0.15) is 0 Å². The molecule has 0 unspecified atom stereocenters. The van der Waals surface area contributed by atoms with E-state index in [4.69, 9.17) is 16.3 Å². The number of aryl methyl sites for hydroxylation is 3. The van der Waals surface area contributed by atoms with Crippen molar-refractivity contribution < 1.29 is 9.53 Å². The zero-order valence-electron chi connectivity index (χ0n) is 18.6. The number of halogens is 1. The van der Waals surface area contributed by atoms with Gasteiger partial charge in [-0.3, -0.25) is 18.6 Å². The first kappa shape index (κ1) is 22.5. The van der Waals surface area contributed by atoms with E-state index in [0.717, 1.165) is 16.8 Å². The molecule has 33 heavy (non-hydrogen) atoms. The van der Waals surface area contributed by atoms with Gasteiger partial charge in [0.05, 0.1) is 12.1 Å². The molecule has 0 aliphatic rings. The molecule has 0 saturated carbocycles. The van der Waals surface area contributed by atoms with Crippen LogP contribution in [0.3, 0.4) is 0 Å². The number of aromatic nitrogens is 4. The van der Waals surface area contributed by atoms with E-state index in [2.05, 4.69) is 15.5 Å². The van der Waals surface area contributed by atoms with Gasteiger partial charge >= 0.3 is 5.56 Å². The number of carbonyl (C=O) groups is 1. The van der Waals surface area contributed by atoms with E-state index in [1.807, 2.05) is 32.0 Å². The van der Waals surface area contributed by atoms with Crippen molar-refractivity contribution in [2.24, 2.45) is 0 Å². The van der Waals surface area contributed by atoms with Crippen molar-refractivity contribution in [1.29, 1.82) is 0 Å². The van der Waals surface area contributed by atoms with Crippen molar-refractivity contribution in [2.75, 3.05) is 12.4 Å². The van der Waals surface area contributed by atoms with Crippen molar-refractivity contribution >= 4 is 28.8 Å². The third-order valence-corrected chi connectivity index (χ3v) is 5.85. The number of carbonyl (C=O) groups excluding carboxylic acids is 1. The average molecular weight is 466 g/mol. The Morgan fingerprint density at radius 3 is 2.64 bits per heavy atom. The summed E-state index contributed by atoms with van der Waals surface area (Å²) in [5.74, 6) is 1.04. The van der Waals surface area contributed by atoms with Crippen LogP contribution in [-0.2, 0) is 11.2 Å². The maximum absolute atomic E-state index is 13.0. The number of nitrogens with one attached hydrogen (secondary N) is 1. The molecule has 0 aliphatic carbocycles. The predicted molar refractivity (Wildman–Crippen MR) is 128 cm³/mol. The molecule has 4 aromatic rings. The Hall–Kier alpha value is -3.65. The lowest BCUT2D eigenvalue weighted by atomic mass is 10.1. The van der Waals surface area contributed by atoms with Gasteiger partial charge in [0.25, 0.3) is 0 Å². The fraction of sp³-hybridized carbons (Fsp3) is 0.250. The Kier molecular flexibility index (Phi) is 6.46. The van der Waals surface area contributed by atoms with Gasteiger partial charge in [-0.05, 0) is 61.7 Å². The summed E-state index contributed by atoms with van der Waals surface area (Å²) < 4.78 is 8.36. The second-order valence-electron chi connectivity index (χ2n) is 7.80. The molecule has 0 saturated heterocycles. The number of rotatable bonds is 7. The first-order chi connectivity index (χ1) is 15.9. The lowest BCUT2D eigenvalue weighted by molar-refractivity contribution is -0.116. The second-order valence-corrected chi connectivity index (χ2v) is 8.21. The minimum atomic E-state index is -0.242. The van der Waals surface area contributed by atoms with Gasteiger partial charge in [0, 0.05) is 36.6 Å². The number of ether oxygens (including phenoxy) is 1. The number of amides is 1. The molecule has 9 heteroatoms. The first-order valence-corrected chi connectivity index (χ1v) is 10.9. The number of hydrogen-bond acceptors (Lipinski definition) is 5. The molecule has 2 aromatic carbocycles. The molecule has 0 spiro atoms. The predicted octanol–water partition coefficient (Wildman–Crippen LogP) is 4.12. The number of fused-ring (bicyclic) bond motifs is 1. The third kappa shape index (κ3) is 4.75. The van der Waals surface area contributed by atoms with Crippen LogP contribution in [0, 0.1) is 13.8 Å². The SMILES string of the molecule is COc1ccc(NC(=O)CCCc2nnc3c(=O)n(-c4ccc(C)c(C)c4)ccn23)cc1Cl. The van der Waals surface area contributed by atoms with Crippen LogP contribution in [0.5, 0.6) is 5.75 Å². The second kappa shape index (κ2) is 9.46. The Balaban J connectivity index is 1.42. The van der Waals surface area contributed by atoms with Crippen molar-refractivity contribution in [3.63, 3.8) is 0 Å². The van der Waals surface area contributed by atoms with E-state index in [-0.39, 0.29) is 23.5 Å². The summed E-state index contributed by atoms with van der Waals surface area (Å²) in [6, 6.07) is 10.9. The van der Waals surface area contributed by atoms with Crippen LogP contribution in [0.4, 0.5) is 5.69 Å². The van der Waals surface area contributed by atoms with Crippen molar-refractivity contribution in [2.45, 2.75) is 33.1 Å². The molecule has 1 N–H and O–H groups in total. The van der Waals surface area contributed by atoms with Crippen molar-refractivity contribution in [3.8, 4) is 11.4 Å². The standard InChI is InChI=1S/C24H24ClN5O3/c1-15-7-9-18(13-16(15)2)29-11-12-30-21(27-28-23(30)24(29)32)5-4-6-22(31)26-17-8-10-20(33-3)19(25)14-17/h7-14H,4-6H2,1-3H3,(H,26,31). The highest BCUT2D eigenvalue weighted by atomic mass is 35.5. The number of nitrogens with zero attached hydrogens (tertiary/aromatic N) is 4. The fourth-order valence-corrected chi connectivity index (χ4v) is 3.82. The molecule has 170 valence electrons. The van der Waals surface area contributed by atoms with Crippen LogP contribution < -0.4 is 15.6 Å². The number of benzene rings is 2. The zero-order valence-corrected chi connectivity index (χ0v) is 19.4. The van der Waals surface area contributed by atoms with E-state index >= 15 is 0 Å². The Labute approximate surface area is 195 Å². The molecule has 0 bridgehead atoms. The molecule has 8 nitrogen and oxygen atoms in total. The van der Waals surface area contributed by atoms with Gasteiger partial charge in [0.1, 0.15) is 11.6 Å². The monoisotopic (exact) mass is 465 g/mol. The summed E-state index contributed by atoms with van der Waals surface area (Å²) >= 11 is 6.10. The number of hydrogen-bond donors (Lipinski definition) is 1. The highest BCUT2D eigenvalue weighted by molar-refractivity contribution is 6.32. The van der Waals surface area contributed by atoms with Crippen LogP contribution in [0.15, 0.2) is 53.6 Å². The minimum Gasteiger partial charge on any atom is -0.495 e. The normalized spacial score (nSPS) is 11.0. The van der Waals surface area contributed by atoms with E-state index in [0.29, 0.717) is 35.1 Å². The zero-order chi connectivity index (χ0) is 23.5. The molecule has 1 amide bonds. The van der Waals surface area contributed by atoms with E-state index in [9.17, 15) is 9.59 Å². The summed E-state index contributed by atoms with van der Waals surface area (Å²) in [5, 5.41) is 11.5. The van der Waals surface area contributed by atoms with Gasteiger partial charge in [0.15, 0.2) is 0 Å². The van der Waals surface area contributed by atoms with Crippen LogP contribution in [0.2, 0.25) is 5.02 Å². The van der Waals surface area contributed by atoms with Gasteiger partial charge in [-0.1, -0.05) is 17.7 Å². The molecule has 0 radical (unpaired) electrons. The van der Waals surface area contributed by atoms with E-state index in [1.54, 1.807) is 39.6 Å². The van der Waals surface area contributed by atoms with E-state index < -0.39 is 0 Å². The van der Waals surface area contributed by atoms with Crippen LogP contribution in [0.1, 0.15) is 29.8 Å². The number of methoxy groups -OCH3 is 1. The molecule has 0 fully saturated rings. The summed E-state index contributed by atoms with van der Waals surface area (Å²) in [5.41, 5.74) is 3.67. The van der Waals surface area contributed by atoms with Gasteiger partial charge in [0.2, 0.25) is 11.6 Å². The fourth-order valence-electron chi connectivity index (χ4n) is 3.56. The highest BCUT2D eigenvalue weighted by Crippen LogP contribution is 2.27. The molecular weight excluding hydrogens is 442 g/mol. The van der Waals surface area contributed by atoms with Crippen LogP contribution in [0.25, 0.3) is 11.3 Å². The molecule has 4 rings (SSSR count). The smallest absolute Gasteiger partial charge is 0.300 e. The Morgan fingerprint density at radius 1 is 1.09 bits per heavy atom. The van der Waals surface area contributed by atoms with Gasteiger partial charge in [-0.15, -0.1) is 10.2 Å². The topological polar surface area (TPSA) is 90.5 Å². The lowest BCUT2D eigenvalue weighted by Gasteiger charge is -2.09. The largest absolute Gasteiger partial charge is 0.495 e. The number of anilines is 1. The highest BCUT2D eigenvalue weighted by Gasteiger charge is 2.13. The van der Waals surface area contributed by atoms with Crippen LogP contribution in [-0.4, -0.2) is 32.2 Å². The summed E-state index contributed by atoms with van der Waals surface area (Å²) in [4.78, 5) is 25.2. The molecule has 0 atom stereocenters. The summed E-state index contributed by atoms with van der Waals surface area (Å²) in [6.45, 7) is 4.04. The van der Waals surface area contributed by atoms with Crippen molar-refractivity contribution in [3.05, 3.63) is 81.1 Å². The lowest BCUT2D eigenvalue weighted by Crippen LogP contribution is -2.20. The summed E-state index contributed by atoms with van der Waals surface area (Å²) in [6.07, 6.45) is 4.84. The quantitative estimate of drug-likeness (QED) is 0.443. The maximum atomic E-state index is 13.0. The Morgan fingerprint density at radius 2 is 1.91 bits per heavy atom. The van der Waals surface area contributed by atoms with Gasteiger partial charge in [-0.25, -0.2) is 0 Å². The minimum absolute atomic E-state index is 0.137. The first-order valence-electron chi connectivity index (χ1n) is 10.5. The molecule has 2 aromatic heterocycles. The average Bonchev–Trinajstić information content (AvgIpc) is 3.20. The summed E-state index contributed by atoms with van der Waals surface area (Å²) in [7, 11) is 1.53. The molecule has 0 aliphatic heterocycles. The molecule has 2 heterocycles. The van der Waals surface area contributed by atoms with E-state index in [1.165, 1.54) is 7.11 Å². The molecular formula is C24H24ClN5O3. The third-order valence-electron chi connectivity index (χ3n) is 5.55. The Bertz CT molecular complexity index is 1390. The van der Waals surface area contributed by atoms with Crippen LogP contribution >= 0.6 is 11.6 Å². The van der Waals surface area contributed by atoms with Crippen molar-refractivity contribution in [1.82, 2.24) is 19.2 Å².